The number of nitrogens with one attached hydrogen (secondary N) is 1. The Hall–Kier alpha value is -1.81. The van der Waals surface area contributed by atoms with Gasteiger partial charge in [-0.1, -0.05) is 18.2 Å². The van der Waals surface area contributed by atoms with Crippen LogP contribution in [0, 0.1) is 0 Å². The van der Waals surface area contributed by atoms with Crippen molar-refractivity contribution in [2.24, 2.45) is 0 Å². The fraction of sp³-hybridized carbons (Fsp3) is 0. The van der Waals surface area contributed by atoms with Crippen LogP contribution in [0.1, 0.15) is 0 Å². The van der Waals surface area contributed by atoms with Crippen LogP contribution in [0.25, 0.3) is 27.0 Å². The molecule has 72 valence electrons. The number of aromatic amines is 1. The monoisotopic (exact) mass is 213 g/mol. The van der Waals surface area contributed by atoms with Crippen molar-refractivity contribution < 1.29 is 0 Å². The maximum Gasteiger partial charge on any atom is 0.195 e. The molecule has 0 bridgehead atoms. The van der Waals surface area contributed by atoms with Gasteiger partial charge in [0.1, 0.15) is 11.2 Å². The first-order valence-electron chi connectivity index (χ1n) is 4.75. The topological polar surface area (TPSA) is 33.1 Å². The van der Waals surface area contributed by atoms with Crippen molar-refractivity contribution in [3.05, 3.63) is 35.8 Å². The predicted molar refractivity (Wildman–Crippen MR) is 62.4 cm³/mol. The first kappa shape index (κ1) is 7.48. The van der Waals surface area contributed by atoms with Crippen molar-refractivity contribution in [1.29, 1.82) is 0 Å². The van der Waals surface area contributed by atoms with Crippen molar-refractivity contribution in [2.75, 3.05) is 0 Å². The van der Waals surface area contributed by atoms with Crippen LogP contribution >= 0.6 is 11.3 Å². The first-order chi connectivity index (χ1) is 7.43. The van der Waals surface area contributed by atoms with Crippen molar-refractivity contribution >= 4 is 38.4 Å². The Balaban J connectivity index is 2.39. The van der Waals surface area contributed by atoms with Gasteiger partial charge < -0.3 is 4.98 Å². The molecule has 0 spiro atoms. The van der Waals surface area contributed by atoms with Crippen molar-refractivity contribution in [1.82, 2.24) is 14.4 Å². The number of H-pyrrole nitrogens is 1. The Labute approximate surface area is 89.0 Å². The van der Waals surface area contributed by atoms with Gasteiger partial charge in [-0.25, -0.2) is 4.98 Å². The lowest BCUT2D eigenvalue weighted by molar-refractivity contribution is 1.24. The summed E-state index contributed by atoms with van der Waals surface area (Å²) >= 11 is 1.66. The number of thiazole rings is 1. The molecule has 0 atom stereocenters. The number of rotatable bonds is 0. The van der Waals surface area contributed by atoms with E-state index in [1.165, 1.54) is 5.39 Å². The highest BCUT2D eigenvalue weighted by Gasteiger charge is 2.10. The normalized spacial score (nSPS) is 12.0. The van der Waals surface area contributed by atoms with Gasteiger partial charge in [0.25, 0.3) is 0 Å². The molecule has 15 heavy (non-hydrogen) atoms. The molecular weight excluding hydrogens is 206 g/mol. The molecule has 4 aromatic rings. The molecule has 1 N–H and O–H groups in total. The molecule has 0 saturated heterocycles. The highest BCUT2D eigenvalue weighted by Crippen LogP contribution is 2.26. The summed E-state index contributed by atoms with van der Waals surface area (Å²) in [4.78, 5) is 9.05. The summed E-state index contributed by atoms with van der Waals surface area (Å²) in [6.45, 7) is 0. The van der Waals surface area contributed by atoms with Gasteiger partial charge >= 0.3 is 0 Å². The number of benzene rings is 1. The molecule has 3 heterocycles. The molecule has 0 aliphatic heterocycles. The minimum absolute atomic E-state index is 1.04. The van der Waals surface area contributed by atoms with Gasteiger partial charge in [0.05, 0.1) is 0 Å². The molecule has 1 aromatic carbocycles. The maximum absolute atomic E-state index is 4.61. The third-order valence-corrected chi connectivity index (χ3v) is 3.45. The van der Waals surface area contributed by atoms with Gasteiger partial charge in [0.15, 0.2) is 4.96 Å². The smallest absolute Gasteiger partial charge is 0.195 e. The second kappa shape index (κ2) is 2.41. The second-order valence-electron chi connectivity index (χ2n) is 3.54. The van der Waals surface area contributed by atoms with Crippen molar-refractivity contribution in [3.8, 4) is 0 Å². The lowest BCUT2D eigenvalue weighted by Gasteiger charge is -1.86. The van der Waals surface area contributed by atoms with Crippen LogP contribution < -0.4 is 0 Å². The highest BCUT2D eigenvalue weighted by atomic mass is 32.1. The lowest BCUT2D eigenvalue weighted by Crippen LogP contribution is -1.75. The summed E-state index contributed by atoms with van der Waals surface area (Å²) in [5.41, 5.74) is 3.31. The zero-order valence-corrected chi connectivity index (χ0v) is 8.58. The van der Waals surface area contributed by atoms with E-state index in [0.717, 1.165) is 21.6 Å². The molecule has 4 heteroatoms. The number of fused-ring (bicyclic) bond motifs is 5. The maximum atomic E-state index is 4.61. The number of para-hydroxylation sites is 1. The SMILES string of the molecule is c1ccc2c(c1)[nH]c1c2nc2sccn21. The van der Waals surface area contributed by atoms with E-state index in [9.17, 15) is 0 Å². The van der Waals surface area contributed by atoms with Crippen LogP contribution in [0.3, 0.4) is 0 Å². The van der Waals surface area contributed by atoms with Crippen molar-refractivity contribution in [2.45, 2.75) is 0 Å². The summed E-state index contributed by atoms with van der Waals surface area (Å²) in [6, 6.07) is 8.26. The van der Waals surface area contributed by atoms with Gasteiger partial charge in [0.2, 0.25) is 0 Å². The Kier molecular flexibility index (Phi) is 1.20. The largest absolute Gasteiger partial charge is 0.339 e. The van der Waals surface area contributed by atoms with Crippen LogP contribution in [0.5, 0.6) is 0 Å². The van der Waals surface area contributed by atoms with Crippen LogP contribution in [-0.2, 0) is 0 Å². The predicted octanol–water partition coefficient (Wildman–Crippen LogP) is 3.03. The third kappa shape index (κ3) is 0.824. The molecule has 0 aliphatic rings. The minimum atomic E-state index is 1.04. The summed E-state index contributed by atoms with van der Waals surface area (Å²) in [5.74, 6) is 0. The Morgan fingerprint density at radius 1 is 1.27 bits per heavy atom. The number of aromatic nitrogens is 3. The second-order valence-corrected chi connectivity index (χ2v) is 4.41. The van der Waals surface area contributed by atoms with Crippen LogP contribution in [0.15, 0.2) is 35.8 Å². The van der Waals surface area contributed by atoms with Gasteiger partial charge in [-0.15, -0.1) is 11.3 Å². The Bertz CT molecular complexity index is 774. The molecule has 0 unspecified atom stereocenters. The third-order valence-electron chi connectivity index (χ3n) is 2.70. The summed E-state index contributed by atoms with van der Waals surface area (Å²) in [5, 5.41) is 3.25. The summed E-state index contributed by atoms with van der Waals surface area (Å²) in [6.07, 6.45) is 2.05. The van der Waals surface area contributed by atoms with E-state index in [-0.39, 0.29) is 0 Å². The fourth-order valence-corrected chi connectivity index (χ4v) is 2.73. The van der Waals surface area contributed by atoms with Crippen LogP contribution in [0.4, 0.5) is 0 Å². The zero-order chi connectivity index (χ0) is 9.83. The summed E-state index contributed by atoms with van der Waals surface area (Å²) in [7, 11) is 0. The van der Waals surface area contributed by atoms with Gasteiger partial charge in [-0.3, -0.25) is 4.40 Å². The minimum Gasteiger partial charge on any atom is -0.339 e. The molecule has 0 aliphatic carbocycles. The molecule has 3 nitrogen and oxygen atoms in total. The number of imidazole rings is 1. The molecule has 0 amide bonds. The zero-order valence-electron chi connectivity index (χ0n) is 7.77. The van der Waals surface area contributed by atoms with E-state index in [1.807, 2.05) is 23.7 Å². The van der Waals surface area contributed by atoms with Gasteiger partial charge in [-0.05, 0) is 6.07 Å². The van der Waals surface area contributed by atoms with E-state index < -0.39 is 0 Å². The Morgan fingerprint density at radius 2 is 2.20 bits per heavy atom. The standard InChI is InChI=1S/C11H7N3S/c1-2-4-8-7(3-1)9-10(12-8)14-5-6-15-11(14)13-9/h1-6,12H. The molecule has 0 fully saturated rings. The van der Waals surface area contributed by atoms with E-state index in [0.29, 0.717) is 0 Å². The van der Waals surface area contributed by atoms with E-state index >= 15 is 0 Å². The van der Waals surface area contributed by atoms with Crippen LogP contribution in [-0.4, -0.2) is 14.4 Å². The fourth-order valence-electron chi connectivity index (χ4n) is 2.02. The molecule has 0 radical (unpaired) electrons. The van der Waals surface area contributed by atoms with Gasteiger partial charge in [-0.2, -0.15) is 0 Å². The van der Waals surface area contributed by atoms with E-state index in [4.69, 9.17) is 0 Å². The molecular formula is C11H7N3S. The Morgan fingerprint density at radius 3 is 3.20 bits per heavy atom. The average Bonchev–Trinajstić information content (AvgIpc) is 2.87. The number of hydrogen-bond donors (Lipinski definition) is 1. The number of nitrogens with zero attached hydrogens (tertiary/aromatic N) is 2. The average molecular weight is 213 g/mol. The highest BCUT2D eigenvalue weighted by molar-refractivity contribution is 7.15. The van der Waals surface area contributed by atoms with Crippen molar-refractivity contribution in [3.63, 3.8) is 0 Å². The molecule has 4 rings (SSSR count). The lowest BCUT2D eigenvalue weighted by atomic mass is 10.2. The van der Waals surface area contributed by atoms with E-state index in [1.54, 1.807) is 11.3 Å². The van der Waals surface area contributed by atoms with Gasteiger partial charge in [0, 0.05) is 22.5 Å². The molecule has 0 saturated carbocycles. The molecule has 3 aromatic heterocycles. The quantitative estimate of drug-likeness (QED) is 0.478. The number of hydrogen-bond acceptors (Lipinski definition) is 2. The van der Waals surface area contributed by atoms with E-state index in [2.05, 4.69) is 26.5 Å². The van der Waals surface area contributed by atoms with Crippen LogP contribution in [0.2, 0.25) is 0 Å². The summed E-state index contributed by atoms with van der Waals surface area (Å²) < 4.78 is 2.10. The first-order valence-corrected chi connectivity index (χ1v) is 5.63.